The van der Waals surface area contributed by atoms with E-state index in [1.54, 1.807) is 18.5 Å². The highest BCUT2D eigenvalue weighted by molar-refractivity contribution is 5.97. The van der Waals surface area contributed by atoms with E-state index in [1.807, 2.05) is 17.7 Å². The Morgan fingerprint density at radius 1 is 1.23 bits per heavy atom. The van der Waals surface area contributed by atoms with Gasteiger partial charge in [-0.3, -0.25) is 14.8 Å². The van der Waals surface area contributed by atoms with Gasteiger partial charge in [0, 0.05) is 22.7 Å². The Morgan fingerprint density at radius 3 is 3.00 bits per heavy atom. The third-order valence-electron chi connectivity index (χ3n) is 4.59. The number of pyridine rings is 2. The van der Waals surface area contributed by atoms with Crippen LogP contribution in [0.5, 0.6) is 0 Å². The maximum absolute atomic E-state index is 13.3. The number of hydrogen-bond donors (Lipinski definition) is 1. The van der Waals surface area contributed by atoms with Gasteiger partial charge in [0.15, 0.2) is 5.65 Å². The fourth-order valence-corrected chi connectivity index (χ4v) is 3.36. The van der Waals surface area contributed by atoms with Crippen LogP contribution in [0.4, 0.5) is 4.39 Å². The summed E-state index contributed by atoms with van der Waals surface area (Å²) in [4.78, 5) is 8.54. The van der Waals surface area contributed by atoms with E-state index in [1.165, 1.54) is 12.3 Å². The minimum Gasteiger partial charge on any atom is -0.370 e. The van der Waals surface area contributed by atoms with Gasteiger partial charge in [0.1, 0.15) is 11.5 Å². The fourth-order valence-electron chi connectivity index (χ4n) is 3.36. The van der Waals surface area contributed by atoms with Gasteiger partial charge >= 0.3 is 0 Å². The molecule has 4 aromatic rings. The summed E-state index contributed by atoms with van der Waals surface area (Å²) >= 11 is 0. The van der Waals surface area contributed by atoms with Crippen molar-refractivity contribution in [2.75, 3.05) is 0 Å². The van der Waals surface area contributed by atoms with Crippen LogP contribution in [0, 0.1) is 5.82 Å². The number of rotatable bonds is 2. The van der Waals surface area contributed by atoms with Crippen LogP contribution in [0.2, 0.25) is 0 Å². The van der Waals surface area contributed by atoms with Gasteiger partial charge in [0.2, 0.25) is 0 Å². The average Bonchev–Trinajstić information content (AvgIpc) is 3.26. The lowest BCUT2D eigenvalue weighted by Gasteiger charge is -2.21. The zero-order chi connectivity index (χ0) is 17.7. The Morgan fingerprint density at radius 2 is 2.15 bits per heavy atom. The quantitative estimate of drug-likeness (QED) is 0.601. The number of ether oxygens (including phenoxy) is 1. The molecule has 1 aliphatic rings. The summed E-state index contributed by atoms with van der Waals surface area (Å²) in [5.41, 5.74) is 4.85. The molecule has 1 atom stereocenters. The summed E-state index contributed by atoms with van der Waals surface area (Å²) in [5, 5.41) is 12.7. The van der Waals surface area contributed by atoms with Crippen molar-refractivity contribution in [3.63, 3.8) is 0 Å². The SMILES string of the molecule is CC1Cn2nc(-c3ccc(F)cn3)c(-c3ccnc4[nH]ncc34)c2CO1. The van der Waals surface area contributed by atoms with Crippen LogP contribution in [0.15, 0.2) is 36.8 Å². The molecular weight excluding hydrogens is 335 g/mol. The Hall–Kier alpha value is -3.13. The average molecular weight is 350 g/mol. The van der Waals surface area contributed by atoms with Gasteiger partial charge in [-0.05, 0) is 25.1 Å². The molecule has 0 radical (unpaired) electrons. The summed E-state index contributed by atoms with van der Waals surface area (Å²) in [7, 11) is 0. The highest BCUT2D eigenvalue weighted by atomic mass is 19.1. The molecule has 0 aliphatic carbocycles. The molecule has 1 aliphatic heterocycles. The van der Waals surface area contributed by atoms with Gasteiger partial charge in [-0.15, -0.1) is 0 Å². The molecule has 0 saturated carbocycles. The van der Waals surface area contributed by atoms with Gasteiger partial charge in [0.05, 0.1) is 43.0 Å². The van der Waals surface area contributed by atoms with Crippen LogP contribution in [0.25, 0.3) is 33.5 Å². The van der Waals surface area contributed by atoms with Crippen LogP contribution < -0.4 is 0 Å². The first-order valence-electron chi connectivity index (χ1n) is 8.32. The fraction of sp³-hybridized carbons (Fsp3) is 0.222. The molecule has 5 heterocycles. The standard InChI is InChI=1S/C18H15FN6O/c1-10-8-25-15(9-26-10)16(12-4-5-20-18-13(12)7-22-23-18)17(24-25)14-3-2-11(19)6-21-14/h2-7,10H,8-9H2,1H3,(H,20,22,23). The number of halogens is 1. The maximum atomic E-state index is 13.3. The molecule has 0 saturated heterocycles. The molecule has 0 spiro atoms. The highest BCUT2D eigenvalue weighted by Crippen LogP contribution is 2.38. The molecule has 0 bridgehead atoms. The Balaban J connectivity index is 1.80. The molecule has 1 N–H and O–H groups in total. The summed E-state index contributed by atoms with van der Waals surface area (Å²) < 4.78 is 21.1. The minimum atomic E-state index is -0.377. The second kappa shape index (κ2) is 5.70. The molecule has 8 heteroatoms. The number of nitrogens with zero attached hydrogens (tertiary/aromatic N) is 5. The Labute approximate surface area is 147 Å². The molecule has 0 aromatic carbocycles. The second-order valence-corrected chi connectivity index (χ2v) is 6.33. The predicted octanol–water partition coefficient (Wildman–Crippen LogP) is 2.94. The number of aromatic amines is 1. The van der Waals surface area contributed by atoms with Gasteiger partial charge in [-0.2, -0.15) is 10.2 Å². The lowest BCUT2D eigenvalue weighted by Crippen LogP contribution is -2.25. The van der Waals surface area contributed by atoms with Crippen LogP contribution >= 0.6 is 0 Å². The lowest BCUT2D eigenvalue weighted by molar-refractivity contribution is 0.0128. The van der Waals surface area contributed by atoms with Crippen molar-refractivity contribution in [2.24, 2.45) is 0 Å². The van der Waals surface area contributed by atoms with Gasteiger partial charge < -0.3 is 4.74 Å². The molecule has 1 unspecified atom stereocenters. The second-order valence-electron chi connectivity index (χ2n) is 6.33. The molecule has 130 valence electrons. The van der Waals surface area contributed by atoms with E-state index in [4.69, 9.17) is 9.84 Å². The van der Waals surface area contributed by atoms with Crippen molar-refractivity contribution >= 4 is 11.0 Å². The van der Waals surface area contributed by atoms with E-state index in [0.29, 0.717) is 30.2 Å². The smallest absolute Gasteiger partial charge is 0.155 e. The molecule has 0 amide bonds. The van der Waals surface area contributed by atoms with Crippen molar-refractivity contribution in [1.82, 2.24) is 29.9 Å². The summed E-state index contributed by atoms with van der Waals surface area (Å²) in [6.07, 6.45) is 4.76. The lowest BCUT2D eigenvalue weighted by atomic mass is 9.99. The van der Waals surface area contributed by atoms with Crippen LogP contribution in [0.1, 0.15) is 12.6 Å². The zero-order valence-corrected chi connectivity index (χ0v) is 14.0. The Bertz CT molecular complexity index is 1100. The van der Waals surface area contributed by atoms with Gasteiger partial charge in [-0.1, -0.05) is 0 Å². The highest BCUT2D eigenvalue weighted by Gasteiger charge is 2.27. The van der Waals surface area contributed by atoms with Gasteiger partial charge in [0.25, 0.3) is 0 Å². The first-order valence-corrected chi connectivity index (χ1v) is 8.32. The van der Waals surface area contributed by atoms with Crippen LogP contribution in [-0.2, 0) is 17.9 Å². The third-order valence-corrected chi connectivity index (χ3v) is 4.59. The topological polar surface area (TPSA) is 81.5 Å². The Kier molecular flexibility index (Phi) is 3.32. The number of nitrogens with one attached hydrogen (secondary N) is 1. The molecule has 7 nitrogen and oxygen atoms in total. The summed E-state index contributed by atoms with van der Waals surface area (Å²) in [5.74, 6) is -0.377. The number of fused-ring (bicyclic) bond motifs is 2. The third kappa shape index (κ3) is 2.30. The predicted molar refractivity (Wildman–Crippen MR) is 92.5 cm³/mol. The molecular formula is C18H15FN6O. The first-order chi connectivity index (χ1) is 12.7. The van der Waals surface area contributed by atoms with E-state index in [0.717, 1.165) is 22.2 Å². The van der Waals surface area contributed by atoms with E-state index in [9.17, 15) is 4.39 Å². The number of aromatic nitrogens is 6. The van der Waals surface area contributed by atoms with Crippen LogP contribution in [-0.4, -0.2) is 36.0 Å². The van der Waals surface area contributed by atoms with Crippen molar-refractivity contribution in [1.29, 1.82) is 0 Å². The largest absolute Gasteiger partial charge is 0.370 e. The van der Waals surface area contributed by atoms with Crippen LogP contribution in [0.3, 0.4) is 0 Å². The van der Waals surface area contributed by atoms with Gasteiger partial charge in [-0.25, -0.2) is 9.37 Å². The van der Waals surface area contributed by atoms with Crippen molar-refractivity contribution in [3.8, 4) is 22.5 Å². The van der Waals surface area contributed by atoms with E-state index >= 15 is 0 Å². The monoisotopic (exact) mass is 350 g/mol. The molecule has 5 rings (SSSR count). The van der Waals surface area contributed by atoms with E-state index in [2.05, 4.69) is 20.2 Å². The first kappa shape index (κ1) is 15.2. The summed E-state index contributed by atoms with van der Waals surface area (Å²) in [6, 6.07) is 4.97. The molecule has 4 aromatic heterocycles. The van der Waals surface area contributed by atoms with Crippen molar-refractivity contribution in [2.45, 2.75) is 26.2 Å². The van der Waals surface area contributed by atoms with Crippen molar-refractivity contribution < 1.29 is 9.13 Å². The van der Waals surface area contributed by atoms with E-state index in [-0.39, 0.29) is 11.9 Å². The summed E-state index contributed by atoms with van der Waals surface area (Å²) in [6.45, 7) is 3.12. The normalized spacial score (nSPS) is 16.8. The molecule has 26 heavy (non-hydrogen) atoms. The van der Waals surface area contributed by atoms with E-state index < -0.39 is 0 Å². The minimum absolute atomic E-state index is 0.0793. The number of H-pyrrole nitrogens is 1. The maximum Gasteiger partial charge on any atom is 0.155 e. The van der Waals surface area contributed by atoms with Crippen molar-refractivity contribution in [3.05, 3.63) is 48.3 Å². The molecule has 0 fully saturated rings. The zero-order valence-electron chi connectivity index (χ0n) is 14.0. The number of hydrogen-bond acceptors (Lipinski definition) is 5.